The summed E-state index contributed by atoms with van der Waals surface area (Å²) in [6.45, 7) is -2.01. The number of rotatable bonds is 18. The third-order valence-corrected chi connectivity index (χ3v) is 16.3. The molecule has 3 aliphatic heterocycles. The van der Waals surface area contributed by atoms with Gasteiger partial charge in [0.15, 0.2) is 6.29 Å². The van der Waals surface area contributed by atoms with E-state index in [1.165, 1.54) is 52.2 Å². The molecular weight excluding hydrogens is 1390 g/mol. The molecule has 3 saturated heterocycles. The van der Waals surface area contributed by atoms with Crippen LogP contribution in [0, 0.1) is 0 Å². The van der Waals surface area contributed by atoms with Crippen LogP contribution in [0.4, 0.5) is 92.1 Å². The first kappa shape index (κ1) is 73.2. The molecule has 544 valence electrons. The monoisotopic (exact) mass is 1450 g/mol. The molecule has 0 bridgehead atoms. The number of alkyl halides is 17. The number of aromatic nitrogens is 12. The van der Waals surface area contributed by atoms with Gasteiger partial charge in [0.25, 0.3) is 24.3 Å². The Bertz CT molecular complexity index is 3830. The second-order valence-corrected chi connectivity index (χ2v) is 24.0. The van der Waals surface area contributed by atoms with Crippen molar-refractivity contribution in [3.63, 3.8) is 0 Å². The summed E-state index contributed by atoms with van der Waals surface area (Å²) in [5.74, 6) is -13.5. The fourth-order valence-electron chi connectivity index (χ4n) is 10.9. The van der Waals surface area contributed by atoms with Crippen LogP contribution in [0.15, 0.2) is 55.0 Å². The lowest BCUT2D eigenvalue weighted by molar-refractivity contribution is -0.193. The highest BCUT2D eigenvalue weighted by Gasteiger charge is 2.50. The van der Waals surface area contributed by atoms with Crippen LogP contribution in [0.1, 0.15) is 105 Å². The van der Waals surface area contributed by atoms with Gasteiger partial charge in [-0.3, -0.25) is 19.2 Å². The van der Waals surface area contributed by atoms with Crippen molar-refractivity contribution in [1.82, 2.24) is 73.9 Å². The average molecular weight is 1450 g/mol. The lowest BCUT2D eigenvalue weighted by atomic mass is 9.92. The third-order valence-electron chi connectivity index (χ3n) is 16.3. The minimum absolute atomic E-state index is 0.00380. The van der Waals surface area contributed by atoms with Crippen molar-refractivity contribution < 1.29 is 113 Å². The number of hydrogen-bond acceptors (Lipinski definition) is 20. The van der Waals surface area contributed by atoms with Gasteiger partial charge in [-0.15, -0.1) is 0 Å². The van der Waals surface area contributed by atoms with E-state index in [2.05, 4.69) is 61.2 Å². The number of carbonyl (C=O) groups is 4. The number of nitrogens with zero attached hydrogens (tertiary/aromatic N) is 15. The van der Waals surface area contributed by atoms with Crippen molar-refractivity contribution in [2.24, 2.45) is 0 Å². The van der Waals surface area contributed by atoms with Gasteiger partial charge in [0.05, 0.1) is 51.6 Å². The summed E-state index contributed by atoms with van der Waals surface area (Å²) in [7, 11) is 0. The van der Waals surface area contributed by atoms with Gasteiger partial charge < -0.3 is 50.0 Å². The Morgan fingerprint density at radius 1 is 0.490 bits per heavy atom. The molecule has 43 heteroatoms. The Kier molecular flexibility index (Phi) is 21.5. The van der Waals surface area contributed by atoms with E-state index < -0.39 is 84.4 Å². The maximum atomic E-state index is 13.4. The summed E-state index contributed by atoms with van der Waals surface area (Å²) >= 11 is 0. The predicted molar refractivity (Wildman–Crippen MR) is 307 cm³/mol. The van der Waals surface area contributed by atoms with Crippen LogP contribution < -0.4 is 30.2 Å². The number of likely N-dealkylation sites (tertiary alicyclic amines) is 3. The Labute approximate surface area is 552 Å². The number of nitrogens with one attached hydrogen (secondary N) is 3. The number of aliphatic hydroxyl groups is 1. The van der Waals surface area contributed by atoms with E-state index in [9.17, 15) is 98.9 Å². The van der Waals surface area contributed by atoms with E-state index in [1.54, 1.807) is 6.07 Å². The first-order valence-corrected chi connectivity index (χ1v) is 30.6. The van der Waals surface area contributed by atoms with Gasteiger partial charge in [-0.1, -0.05) is 0 Å². The van der Waals surface area contributed by atoms with Gasteiger partial charge in [-0.25, -0.2) is 49.2 Å². The predicted octanol–water partition coefficient (Wildman–Crippen LogP) is 8.65. The minimum Gasteiger partial charge on any atom is -0.470 e. The van der Waals surface area contributed by atoms with Crippen LogP contribution >= 0.6 is 0 Å². The van der Waals surface area contributed by atoms with E-state index >= 15 is 0 Å². The fraction of sp³-hybridized carbons (Fsp3) is 0.561. The molecule has 6 aromatic heterocycles. The third kappa shape index (κ3) is 19.3. The maximum Gasteiger partial charge on any atom is 0.471 e. The average Bonchev–Trinajstić information content (AvgIpc) is 0.983. The van der Waals surface area contributed by atoms with Crippen molar-refractivity contribution in [2.75, 3.05) is 55.2 Å². The van der Waals surface area contributed by atoms with Crippen molar-refractivity contribution >= 4 is 41.5 Å². The molecule has 0 atom stereocenters. The largest absolute Gasteiger partial charge is 0.471 e. The molecule has 4 N–H and O–H groups in total. The molecule has 3 amide bonds. The van der Waals surface area contributed by atoms with Gasteiger partial charge in [-0.2, -0.15) is 84.7 Å². The van der Waals surface area contributed by atoms with Crippen molar-refractivity contribution in [1.29, 1.82) is 0 Å². The van der Waals surface area contributed by atoms with Crippen LogP contribution in [0.5, 0.6) is 17.6 Å². The molecule has 6 fully saturated rings. The van der Waals surface area contributed by atoms with Gasteiger partial charge in [-0.05, 0) is 56.7 Å². The van der Waals surface area contributed by atoms with Crippen LogP contribution in [0.3, 0.4) is 0 Å². The van der Waals surface area contributed by atoms with E-state index in [4.69, 9.17) is 14.2 Å². The normalized spacial score (nSPS) is 19.2. The molecule has 0 radical (unpaired) electrons. The fourth-order valence-corrected chi connectivity index (χ4v) is 10.9. The van der Waals surface area contributed by atoms with Crippen molar-refractivity contribution in [3.8, 4) is 35.5 Å². The number of aliphatic hydroxyl groups excluding tert-OH is 1. The quantitative estimate of drug-likeness (QED) is 0.0462. The van der Waals surface area contributed by atoms with E-state index in [-0.39, 0.29) is 200 Å². The lowest BCUT2D eigenvalue weighted by Crippen LogP contribution is -2.59. The SMILES string of the molecule is O=C(N1CC(Oc2cc(NC3CCC(F)(F)CC3)nc(-n3ccc(C(F)F)n3)n2)C1)C(F)(F)F.O=C(N1CC(Oc2cc(NC3CCC(F)(F)CC3)nc(-n3ccc(CO)n3)n2)C1)C(F)(F)F.O=Cc1ccn(-c2nc(NC3CCC(F)(F)CC3)cc(OC3CN(C(=O)C(F)(F)F)C3)n2)n1. The summed E-state index contributed by atoms with van der Waals surface area (Å²) in [4.78, 5) is 71.7. The minimum atomic E-state index is -5.00. The number of hydrogen-bond donors (Lipinski definition) is 4. The zero-order valence-corrected chi connectivity index (χ0v) is 51.7. The molecule has 0 spiro atoms. The molecule has 100 heavy (non-hydrogen) atoms. The number of anilines is 3. The molecule has 3 saturated carbocycles. The maximum absolute atomic E-state index is 13.4. The van der Waals surface area contributed by atoms with E-state index in [0.717, 1.165) is 10.7 Å². The Balaban J connectivity index is 0.000000162. The molecule has 3 aliphatic carbocycles. The first-order chi connectivity index (χ1) is 46.9. The van der Waals surface area contributed by atoms with E-state index in [1.807, 2.05) is 0 Å². The summed E-state index contributed by atoms with van der Waals surface area (Å²) in [5.41, 5.74) is -0.0530. The van der Waals surface area contributed by atoms with Crippen LogP contribution in [-0.4, -0.2) is 215 Å². The smallest absolute Gasteiger partial charge is 0.470 e. The molecule has 26 nitrogen and oxygen atoms in total. The standard InChI is InChI=1S/C19H19F7N6O2.C19H21F5N6O3.C19H19F5N6O3/c20-15(21)12-3-6-32(30-12)17-28-13(27-10-1-4-18(22,23)5-2-10)7-14(29-17)34-11-8-31(9-11)16(33)19(24,25)26;2*20-18(21)4-1-11(2-5-18)25-14-7-15(27-17(26-14)30-6-3-12(10-31)28-30)33-13-8-29(9-13)16(32)19(22,23)24/h3,6-7,10-11,15H,1-2,4-5,8-9H2,(H,27,28,29);3,6-7,11,13,31H,1-2,4-5,8-10H2,(H,25,26,27);3,6-7,10-11,13H,1-2,4-5,8-9H2,(H,25,26,27). The lowest BCUT2D eigenvalue weighted by Gasteiger charge is -2.38. The topological polar surface area (TPSA) is 293 Å². The number of ether oxygens (including phenoxy) is 3. The molecule has 0 aromatic carbocycles. The zero-order valence-electron chi connectivity index (χ0n) is 51.7. The highest BCUT2D eigenvalue weighted by Crippen LogP contribution is 2.38. The number of amides is 3. The number of halogens is 17. The molecule has 9 heterocycles. The number of aldehydes is 1. The highest BCUT2D eigenvalue weighted by atomic mass is 19.4. The second-order valence-electron chi connectivity index (χ2n) is 24.0. The Morgan fingerprint density at radius 3 is 1.08 bits per heavy atom. The molecule has 6 aromatic rings. The molecule has 12 rings (SSSR count). The molecular formula is C57H59F17N18O8. The van der Waals surface area contributed by atoms with Gasteiger partial charge in [0, 0.05) is 93.4 Å². The Hall–Kier alpha value is -9.48. The van der Waals surface area contributed by atoms with Crippen molar-refractivity contribution in [2.45, 2.75) is 163 Å². The first-order valence-electron chi connectivity index (χ1n) is 30.6. The van der Waals surface area contributed by atoms with E-state index in [0.29, 0.717) is 26.7 Å². The van der Waals surface area contributed by atoms with Gasteiger partial charge in [0.1, 0.15) is 47.2 Å². The summed E-state index contributed by atoms with van der Waals surface area (Å²) < 4.78 is 240. The van der Waals surface area contributed by atoms with Crippen LogP contribution in [-0.2, 0) is 21.0 Å². The van der Waals surface area contributed by atoms with Gasteiger partial charge >= 0.3 is 36.3 Å². The van der Waals surface area contributed by atoms with Gasteiger partial charge in [0.2, 0.25) is 35.4 Å². The van der Waals surface area contributed by atoms with Crippen LogP contribution in [0.2, 0.25) is 0 Å². The Morgan fingerprint density at radius 2 is 0.800 bits per heavy atom. The number of carbonyl (C=O) groups excluding carboxylic acids is 4. The van der Waals surface area contributed by atoms with Crippen molar-refractivity contribution in [3.05, 3.63) is 72.1 Å². The second kappa shape index (κ2) is 29.4. The summed E-state index contributed by atoms with van der Waals surface area (Å²) in [6, 6.07) is 7.30. The zero-order chi connectivity index (χ0) is 72.3. The molecule has 0 unspecified atom stereocenters. The molecule has 6 aliphatic rings. The highest BCUT2D eigenvalue weighted by molar-refractivity contribution is 5.83. The summed E-state index contributed by atoms with van der Waals surface area (Å²) in [6.07, 6.45) is -15.7. The van der Waals surface area contributed by atoms with Crippen LogP contribution in [0.25, 0.3) is 17.8 Å². The summed E-state index contributed by atoms with van der Waals surface area (Å²) in [5, 5.41) is 30.1.